The molecule has 0 aliphatic rings. The Morgan fingerprint density at radius 1 is 1.53 bits per heavy atom. The molecule has 17 heavy (non-hydrogen) atoms. The first-order valence-corrected chi connectivity index (χ1v) is 7.09. The normalized spacial score (nSPS) is 11.9. The SMILES string of the molecule is CSCCC(C)N(C)c1nc(C)ccc1C#N. The zero-order valence-corrected chi connectivity index (χ0v) is 11.7. The molecular weight excluding hydrogens is 230 g/mol. The number of aryl methyl sites for hydroxylation is 1. The molecule has 1 aromatic rings. The van der Waals surface area contributed by atoms with Gasteiger partial charge in [-0.05, 0) is 44.4 Å². The monoisotopic (exact) mass is 249 g/mol. The summed E-state index contributed by atoms with van der Waals surface area (Å²) in [6.45, 7) is 4.12. The van der Waals surface area contributed by atoms with Crippen LogP contribution in [0.5, 0.6) is 0 Å². The van der Waals surface area contributed by atoms with Crippen molar-refractivity contribution in [2.24, 2.45) is 0 Å². The molecule has 3 nitrogen and oxygen atoms in total. The molecule has 0 N–H and O–H groups in total. The molecule has 0 aliphatic carbocycles. The lowest BCUT2D eigenvalue weighted by molar-refractivity contribution is 0.661. The van der Waals surface area contributed by atoms with E-state index in [9.17, 15) is 0 Å². The topological polar surface area (TPSA) is 39.9 Å². The zero-order valence-electron chi connectivity index (χ0n) is 10.9. The summed E-state index contributed by atoms with van der Waals surface area (Å²) in [7, 11) is 2.01. The van der Waals surface area contributed by atoms with Gasteiger partial charge in [-0.1, -0.05) is 0 Å². The molecule has 1 atom stereocenters. The highest BCUT2D eigenvalue weighted by molar-refractivity contribution is 7.98. The number of aromatic nitrogens is 1. The number of hydrogen-bond acceptors (Lipinski definition) is 4. The Morgan fingerprint density at radius 2 is 2.24 bits per heavy atom. The third kappa shape index (κ3) is 3.64. The first-order chi connectivity index (χ1) is 8.10. The van der Waals surface area contributed by atoms with Gasteiger partial charge < -0.3 is 4.90 Å². The first kappa shape index (κ1) is 13.9. The molecule has 0 radical (unpaired) electrons. The van der Waals surface area contributed by atoms with E-state index in [-0.39, 0.29) is 0 Å². The van der Waals surface area contributed by atoms with Crippen LogP contribution in [-0.4, -0.2) is 30.1 Å². The fourth-order valence-electron chi connectivity index (χ4n) is 1.59. The number of thioether (sulfide) groups is 1. The van der Waals surface area contributed by atoms with Gasteiger partial charge in [-0.3, -0.25) is 0 Å². The summed E-state index contributed by atoms with van der Waals surface area (Å²) < 4.78 is 0. The van der Waals surface area contributed by atoms with E-state index in [0.29, 0.717) is 11.6 Å². The van der Waals surface area contributed by atoms with Crippen LogP contribution in [-0.2, 0) is 0 Å². The van der Waals surface area contributed by atoms with E-state index in [1.54, 1.807) is 0 Å². The Balaban J connectivity index is 2.91. The smallest absolute Gasteiger partial charge is 0.146 e. The molecule has 1 heterocycles. The van der Waals surface area contributed by atoms with Gasteiger partial charge >= 0.3 is 0 Å². The van der Waals surface area contributed by atoms with Crippen LogP contribution >= 0.6 is 11.8 Å². The average molecular weight is 249 g/mol. The van der Waals surface area contributed by atoms with Crippen molar-refractivity contribution >= 4 is 17.6 Å². The summed E-state index contributed by atoms with van der Waals surface area (Å²) in [4.78, 5) is 6.57. The maximum absolute atomic E-state index is 9.10. The molecule has 1 unspecified atom stereocenters. The van der Waals surface area contributed by atoms with Gasteiger partial charge in [0.2, 0.25) is 0 Å². The van der Waals surface area contributed by atoms with Crippen molar-refractivity contribution in [2.45, 2.75) is 26.3 Å². The lowest BCUT2D eigenvalue weighted by Crippen LogP contribution is -2.30. The second-order valence-electron chi connectivity index (χ2n) is 4.18. The van der Waals surface area contributed by atoms with Crippen LogP contribution in [0.15, 0.2) is 12.1 Å². The van der Waals surface area contributed by atoms with Crippen LogP contribution in [0.4, 0.5) is 5.82 Å². The molecule has 4 heteroatoms. The van der Waals surface area contributed by atoms with Crippen molar-refractivity contribution in [1.82, 2.24) is 4.98 Å². The van der Waals surface area contributed by atoms with Crippen molar-refractivity contribution in [1.29, 1.82) is 5.26 Å². The Hall–Kier alpha value is -1.21. The van der Waals surface area contributed by atoms with Crippen molar-refractivity contribution in [3.05, 3.63) is 23.4 Å². The van der Waals surface area contributed by atoms with Gasteiger partial charge in [0.05, 0.1) is 5.56 Å². The predicted octanol–water partition coefficient (Wildman–Crippen LogP) is 2.84. The number of anilines is 1. The van der Waals surface area contributed by atoms with E-state index in [0.717, 1.165) is 23.7 Å². The Kier molecular flexibility index (Phi) is 5.30. The highest BCUT2D eigenvalue weighted by Gasteiger charge is 2.14. The van der Waals surface area contributed by atoms with Crippen molar-refractivity contribution < 1.29 is 0 Å². The molecule has 0 amide bonds. The number of rotatable bonds is 5. The molecule has 0 saturated carbocycles. The van der Waals surface area contributed by atoms with E-state index < -0.39 is 0 Å². The summed E-state index contributed by atoms with van der Waals surface area (Å²) in [5.74, 6) is 1.92. The molecule has 0 bridgehead atoms. The van der Waals surface area contributed by atoms with Crippen molar-refractivity contribution in [3.8, 4) is 6.07 Å². The van der Waals surface area contributed by atoms with Crippen molar-refractivity contribution in [3.63, 3.8) is 0 Å². The Morgan fingerprint density at radius 3 is 2.82 bits per heavy atom. The van der Waals surface area contributed by atoms with Gasteiger partial charge in [0.25, 0.3) is 0 Å². The molecule has 0 aromatic carbocycles. The van der Waals surface area contributed by atoms with Crippen LogP contribution in [0.25, 0.3) is 0 Å². The van der Waals surface area contributed by atoms with E-state index >= 15 is 0 Å². The quantitative estimate of drug-likeness (QED) is 0.804. The second-order valence-corrected chi connectivity index (χ2v) is 5.16. The van der Waals surface area contributed by atoms with Crippen molar-refractivity contribution in [2.75, 3.05) is 24.0 Å². The minimum absolute atomic E-state index is 0.392. The summed E-state index contributed by atoms with van der Waals surface area (Å²) in [5.41, 5.74) is 1.59. The van der Waals surface area contributed by atoms with Crippen LogP contribution < -0.4 is 4.90 Å². The van der Waals surface area contributed by atoms with E-state index in [1.807, 2.05) is 37.9 Å². The molecule has 1 aromatic heterocycles. The minimum Gasteiger partial charge on any atom is -0.356 e. The largest absolute Gasteiger partial charge is 0.356 e. The van der Waals surface area contributed by atoms with Gasteiger partial charge in [-0.2, -0.15) is 17.0 Å². The van der Waals surface area contributed by atoms with E-state index in [4.69, 9.17) is 5.26 Å². The molecule has 0 aliphatic heterocycles. The zero-order chi connectivity index (χ0) is 12.8. The molecule has 0 fully saturated rings. The summed E-state index contributed by atoms with van der Waals surface area (Å²) in [6, 6.07) is 6.32. The van der Waals surface area contributed by atoms with E-state index in [2.05, 4.69) is 29.1 Å². The molecule has 92 valence electrons. The van der Waals surface area contributed by atoms with Gasteiger partial charge in [0.15, 0.2) is 0 Å². The number of pyridine rings is 1. The Bertz CT molecular complexity index is 412. The molecule has 1 rings (SSSR count). The highest BCUT2D eigenvalue weighted by atomic mass is 32.2. The summed E-state index contributed by atoms with van der Waals surface area (Å²) in [6.07, 6.45) is 3.20. The molecular formula is C13H19N3S. The number of nitriles is 1. The van der Waals surface area contributed by atoms with Gasteiger partial charge in [0.1, 0.15) is 11.9 Å². The number of nitrogens with zero attached hydrogens (tertiary/aromatic N) is 3. The van der Waals surface area contributed by atoms with Crippen LogP contribution in [0.2, 0.25) is 0 Å². The predicted molar refractivity (Wildman–Crippen MR) is 74.6 cm³/mol. The average Bonchev–Trinajstić information content (AvgIpc) is 2.34. The lowest BCUT2D eigenvalue weighted by Gasteiger charge is -2.26. The van der Waals surface area contributed by atoms with Crippen LogP contribution in [0.1, 0.15) is 24.6 Å². The van der Waals surface area contributed by atoms with Crippen LogP contribution in [0.3, 0.4) is 0 Å². The fraction of sp³-hybridized carbons (Fsp3) is 0.538. The molecule has 0 saturated heterocycles. The maximum atomic E-state index is 9.10. The van der Waals surface area contributed by atoms with Crippen LogP contribution in [0, 0.1) is 18.3 Å². The van der Waals surface area contributed by atoms with Gasteiger partial charge in [-0.25, -0.2) is 4.98 Å². The summed E-state index contributed by atoms with van der Waals surface area (Å²) >= 11 is 1.84. The number of hydrogen-bond donors (Lipinski definition) is 0. The maximum Gasteiger partial charge on any atom is 0.146 e. The summed E-state index contributed by atoms with van der Waals surface area (Å²) in [5, 5.41) is 9.10. The fourth-order valence-corrected chi connectivity index (χ4v) is 2.17. The third-order valence-electron chi connectivity index (χ3n) is 2.87. The standard InChI is InChI=1S/C13H19N3S/c1-10-5-6-12(9-14)13(15-10)16(3)11(2)7-8-17-4/h5-6,11H,7-8H2,1-4H3. The Labute approximate surface area is 108 Å². The second kappa shape index (κ2) is 6.51. The highest BCUT2D eigenvalue weighted by Crippen LogP contribution is 2.20. The van der Waals surface area contributed by atoms with Gasteiger partial charge in [-0.15, -0.1) is 0 Å². The lowest BCUT2D eigenvalue weighted by atomic mass is 10.2. The third-order valence-corrected chi connectivity index (χ3v) is 3.51. The first-order valence-electron chi connectivity index (χ1n) is 5.69. The van der Waals surface area contributed by atoms with E-state index in [1.165, 1.54) is 0 Å². The minimum atomic E-state index is 0.392. The van der Waals surface area contributed by atoms with Gasteiger partial charge in [0, 0.05) is 18.8 Å². The molecule has 0 spiro atoms.